The molecule has 0 amide bonds. The fourth-order valence-electron chi connectivity index (χ4n) is 4.95. The Bertz CT molecular complexity index is 1440. The Kier molecular flexibility index (Phi) is 10.7. The number of halogens is 5. The number of rotatable bonds is 7. The second-order valence-corrected chi connectivity index (χ2v) is 12.1. The van der Waals surface area contributed by atoms with Gasteiger partial charge in [0.2, 0.25) is 0 Å². The molecule has 0 saturated heterocycles. The van der Waals surface area contributed by atoms with Crippen LogP contribution in [0.4, 0.5) is 23.2 Å². The van der Waals surface area contributed by atoms with Crippen molar-refractivity contribution in [1.29, 1.82) is 0 Å². The van der Waals surface area contributed by atoms with Crippen molar-refractivity contribution in [3.8, 4) is 0 Å². The monoisotopic (exact) mass is 616 g/mol. The largest absolute Gasteiger partial charge is 0.483 e. The molecule has 1 fully saturated rings. The first kappa shape index (κ1) is 32.2. The van der Waals surface area contributed by atoms with Crippen LogP contribution < -0.4 is 5.32 Å². The molecule has 3 atom stereocenters. The topological polar surface area (TPSA) is 112 Å². The summed E-state index contributed by atoms with van der Waals surface area (Å²) in [5.74, 6) is -1.63. The minimum absolute atomic E-state index is 0.00245. The van der Waals surface area contributed by atoms with Crippen LogP contribution in [0.3, 0.4) is 0 Å². The highest BCUT2D eigenvalue weighted by molar-refractivity contribution is 7.90. The molecule has 2 N–H and O–H groups in total. The van der Waals surface area contributed by atoms with Gasteiger partial charge in [-0.3, -0.25) is 4.79 Å². The van der Waals surface area contributed by atoms with Crippen LogP contribution in [-0.4, -0.2) is 61.0 Å². The van der Waals surface area contributed by atoms with E-state index in [1.165, 1.54) is 30.7 Å². The van der Waals surface area contributed by atoms with Crippen molar-refractivity contribution in [2.24, 2.45) is 0 Å². The predicted molar refractivity (Wildman–Crippen MR) is 146 cm³/mol. The molecular formula is C27H29ClF4N4O4S. The maximum Gasteiger partial charge on any atom is 0.416 e. The van der Waals surface area contributed by atoms with Gasteiger partial charge in [-0.25, -0.2) is 22.8 Å². The van der Waals surface area contributed by atoms with Crippen molar-refractivity contribution in [3.63, 3.8) is 0 Å². The summed E-state index contributed by atoms with van der Waals surface area (Å²) in [6.07, 6.45) is 0.0259. The first-order chi connectivity index (χ1) is 19.3. The molecule has 8 nitrogen and oxygen atoms in total. The van der Waals surface area contributed by atoms with Gasteiger partial charge in [0.25, 0.3) is 6.47 Å². The normalized spacial score (nSPS) is 19.3. The number of sulfone groups is 1. The first-order valence-corrected chi connectivity index (χ1v) is 14.4. The molecule has 222 valence electrons. The van der Waals surface area contributed by atoms with Crippen molar-refractivity contribution >= 4 is 33.6 Å². The fourth-order valence-corrected chi connectivity index (χ4v) is 6.60. The number of aromatic nitrogens is 2. The molecule has 1 aromatic heterocycles. The second-order valence-electron chi connectivity index (χ2n) is 9.74. The Morgan fingerprint density at radius 2 is 1.88 bits per heavy atom. The summed E-state index contributed by atoms with van der Waals surface area (Å²) in [6, 6.07) is 8.61. The van der Waals surface area contributed by atoms with Gasteiger partial charge in [0, 0.05) is 18.3 Å². The Labute approximate surface area is 240 Å². The lowest BCUT2D eigenvalue weighted by Gasteiger charge is -2.41. The number of likely N-dealkylation sites (N-methyl/N-ethyl adjacent to an activating group) is 1. The third-order valence-corrected chi connectivity index (χ3v) is 8.81. The van der Waals surface area contributed by atoms with Crippen LogP contribution in [0.15, 0.2) is 59.9 Å². The lowest BCUT2D eigenvalue weighted by molar-refractivity contribution is -0.137. The molecule has 3 aromatic rings. The summed E-state index contributed by atoms with van der Waals surface area (Å²) in [4.78, 5) is 17.5. The predicted octanol–water partition coefficient (Wildman–Crippen LogP) is 5.64. The number of carbonyl (C=O) groups is 1. The van der Waals surface area contributed by atoms with Crippen LogP contribution in [-0.2, 0) is 26.6 Å². The first-order valence-electron chi connectivity index (χ1n) is 12.4. The summed E-state index contributed by atoms with van der Waals surface area (Å²) in [5, 5.41) is 10.2. The van der Waals surface area contributed by atoms with E-state index < -0.39 is 38.0 Å². The summed E-state index contributed by atoms with van der Waals surface area (Å²) in [6.45, 7) is -0.250. The molecule has 0 aliphatic heterocycles. The fraction of sp³-hybridized carbons (Fsp3) is 0.370. The van der Waals surface area contributed by atoms with Crippen LogP contribution >= 0.6 is 11.6 Å². The van der Waals surface area contributed by atoms with Gasteiger partial charge < -0.3 is 15.3 Å². The lowest BCUT2D eigenvalue weighted by Crippen LogP contribution is -2.47. The molecule has 41 heavy (non-hydrogen) atoms. The molecule has 0 radical (unpaired) electrons. The van der Waals surface area contributed by atoms with Crippen LogP contribution in [0.1, 0.15) is 42.0 Å². The van der Waals surface area contributed by atoms with E-state index in [2.05, 4.69) is 15.3 Å². The SMILES string of the molecule is CN(C)[C@H]1CC[C@@H](c2cccc(C(F)(F)F)c2)C[C@@H]1Nc1cc(F)c(S(=O)(=O)Cc2ccncn2)cc1Cl.O=CO. The number of anilines is 1. The molecule has 1 aliphatic rings. The van der Waals surface area contributed by atoms with Crippen molar-refractivity contribution in [2.75, 3.05) is 19.4 Å². The quantitative estimate of drug-likeness (QED) is 0.259. The third kappa shape index (κ3) is 8.37. The standard InChI is InChI=1S/C26H27ClF4N4O2S.CH2O2/c1-35(2)24-7-6-17(16-4-3-5-18(10-16)26(29,30)31)11-23(24)34-22-13-21(28)25(12-20(22)27)38(36,37)14-19-8-9-32-15-33-19;2-1-3/h3-5,8-10,12-13,15,17,23-24,34H,6-7,11,14H2,1-2H3;1H,(H,2,3)/t17-,23+,24+;/m1./s1. The molecule has 1 heterocycles. The zero-order chi connectivity index (χ0) is 30.4. The maximum absolute atomic E-state index is 15.1. The molecule has 1 saturated carbocycles. The zero-order valence-electron chi connectivity index (χ0n) is 22.1. The third-order valence-electron chi connectivity index (χ3n) is 6.84. The van der Waals surface area contributed by atoms with Crippen LogP contribution in [0.2, 0.25) is 5.02 Å². The van der Waals surface area contributed by atoms with Gasteiger partial charge in [-0.05, 0) is 69.1 Å². The minimum atomic E-state index is -4.44. The second kappa shape index (κ2) is 13.6. The summed E-state index contributed by atoms with van der Waals surface area (Å²) < 4.78 is 80.6. The van der Waals surface area contributed by atoms with E-state index >= 15 is 4.39 Å². The zero-order valence-corrected chi connectivity index (χ0v) is 23.7. The molecular weight excluding hydrogens is 588 g/mol. The van der Waals surface area contributed by atoms with E-state index in [-0.39, 0.29) is 40.9 Å². The van der Waals surface area contributed by atoms with E-state index in [4.69, 9.17) is 21.5 Å². The smallest absolute Gasteiger partial charge is 0.416 e. The van der Waals surface area contributed by atoms with Gasteiger partial charge in [-0.1, -0.05) is 29.8 Å². The molecule has 0 bridgehead atoms. The highest BCUT2D eigenvalue weighted by Gasteiger charge is 2.35. The highest BCUT2D eigenvalue weighted by atomic mass is 35.5. The van der Waals surface area contributed by atoms with Gasteiger partial charge in [-0.15, -0.1) is 0 Å². The number of alkyl halides is 3. The van der Waals surface area contributed by atoms with E-state index in [0.717, 1.165) is 18.2 Å². The summed E-state index contributed by atoms with van der Waals surface area (Å²) in [7, 11) is -0.284. The van der Waals surface area contributed by atoms with Crippen molar-refractivity contribution in [2.45, 2.75) is 54.1 Å². The molecule has 14 heteroatoms. The highest BCUT2D eigenvalue weighted by Crippen LogP contribution is 2.39. The van der Waals surface area contributed by atoms with Gasteiger partial charge in [0.1, 0.15) is 17.0 Å². The molecule has 0 unspecified atom stereocenters. The number of benzene rings is 2. The Morgan fingerprint density at radius 3 is 2.49 bits per heavy atom. The average molecular weight is 617 g/mol. The van der Waals surface area contributed by atoms with Gasteiger partial charge in [0.05, 0.1) is 27.7 Å². The summed E-state index contributed by atoms with van der Waals surface area (Å²) >= 11 is 6.42. The molecule has 4 rings (SSSR count). The lowest BCUT2D eigenvalue weighted by atomic mass is 9.78. The Balaban J connectivity index is 0.00000147. The van der Waals surface area contributed by atoms with Gasteiger partial charge >= 0.3 is 6.18 Å². The molecule has 2 aromatic carbocycles. The molecule has 1 aliphatic carbocycles. The Morgan fingerprint density at radius 1 is 1.17 bits per heavy atom. The average Bonchev–Trinajstić information content (AvgIpc) is 2.90. The van der Waals surface area contributed by atoms with Crippen molar-refractivity contribution in [1.82, 2.24) is 14.9 Å². The number of hydrogen-bond acceptors (Lipinski definition) is 7. The number of nitrogens with one attached hydrogen (secondary N) is 1. The van der Waals surface area contributed by atoms with Crippen molar-refractivity contribution in [3.05, 3.63) is 82.6 Å². The van der Waals surface area contributed by atoms with Gasteiger partial charge in [-0.2, -0.15) is 13.2 Å². The van der Waals surface area contributed by atoms with Crippen molar-refractivity contribution < 1.29 is 35.9 Å². The number of carboxylic acid groups (broad SMARTS) is 1. The minimum Gasteiger partial charge on any atom is -0.483 e. The Hall–Kier alpha value is -3.29. The number of hydrogen-bond donors (Lipinski definition) is 2. The van der Waals surface area contributed by atoms with E-state index in [0.29, 0.717) is 24.8 Å². The van der Waals surface area contributed by atoms with Crippen LogP contribution in [0, 0.1) is 5.82 Å². The van der Waals surface area contributed by atoms with E-state index in [9.17, 15) is 21.6 Å². The molecule has 0 spiro atoms. The summed E-state index contributed by atoms with van der Waals surface area (Å²) in [5.41, 5.74) is 0.325. The maximum atomic E-state index is 15.1. The number of nitrogens with zero attached hydrogens (tertiary/aromatic N) is 3. The van der Waals surface area contributed by atoms with E-state index in [1.807, 2.05) is 19.0 Å². The van der Waals surface area contributed by atoms with E-state index in [1.54, 1.807) is 6.07 Å². The van der Waals surface area contributed by atoms with Crippen LogP contribution in [0.25, 0.3) is 0 Å². The van der Waals surface area contributed by atoms with Gasteiger partial charge in [0.15, 0.2) is 9.84 Å². The van der Waals surface area contributed by atoms with Crippen LogP contribution in [0.5, 0.6) is 0 Å².